The van der Waals surface area contributed by atoms with Crippen molar-refractivity contribution in [1.82, 2.24) is 4.90 Å². The van der Waals surface area contributed by atoms with Gasteiger partial charge in [0.15, 0.2) is 5.96 Å². The molecule has 0 radical (unpaired) electrons. The van der Waals surface area contributed by atoms with Crippen LogP contribution < -0.4 is 5.73 Å². The third-order valence-electron chi connectivity index (χ3n) is 5.79. The van der Waals surface area contributed by atoms with E-state index >= 15 is 0 Å². The summed E-state index contributed by atoms with van der Waals surface area (Å²) < 4.78 is 5.87. The molecule has 2 fully saturated rings. The van der Waals surface area contributed by atoms with Crippen LogP contribution in [0.1, 0.15) is 59.3 Å². The zero-order chi connectivity index (χ0) is 15.1. The van der Waals surface area contributed by atoms with E-state index in [1.54, 1.807) is 0 Å². The number of nitrogens with zero attached hydrogens (tertiary/aromatic N) is 2. The molecule has 3 aliphatic rings. The van der Waals surface area contributed by atoms with Crippen LogP contribution in [0.5, 0.6) is 0 Å². The van der Waals surface area contributed by atoms with E-state index < -0.39 is 0 Å². The average molecular weight is 293 g/mol. The first kappa shape index (κ1) is 15.1. The molecule has 0 aromatic rings. The molecule has 1 aliphatic carbocycles. The number of guanidine groups is 1. The van der Waals surface area contributed by atoms with E-state index in [-0.39, 0.29) is 5.54 Å². The molecule has 3 rings (SSSR count). The monoisotopic (exact) mass is 293 g/mol. The first-order valence-corrected chi connectivity index (χ1v) is 8.63. The summed E-state index contributed by atoms with van der Waals surface area (Å²) in [6.07, 6.45) is 7.87. The van der Waals surface area contributed by atoms with Crippen molar-refractivity contribution < 1.29 is 4.74 Å². The first-order valence-electron chi connectivity index (χ1n) is 8.63. The Bertz CT molecular complexity index is 409. The number of ether oxygens (including phenoxy) is 1. The van der Waals surface area contributed by atoms with E-state index in [4.69, 9.17) is 10.5 Å². The van der Waals surface area contributed by atoms with Crippen molar-refractivity contribution in [3.05, 3.63) is 0 Å². The Kier molecular flexibility index (Phi) is 3.93. The van der Waals surface area contributed by atoms with E-state index in [9.17, 15) is 0 Å². The molecule has 4 nitrogen and oxygen atoms in total. The summed E-state index contributed by atoms with van der Waals surface area (Å²) >= 11 is 0. The lowest BCUT2D eigenvalue weighted by Gasteiger charge is -2.53. The molecule has 21 heavy (non-hydrogen) atoms. The second-order valence-electron chi connectivity index (χ2n) is 8.19. The maximum atomic E-state index is 6.29. The van der Waals surface area contributed by atoms with Gasteiger partial charge in [-0.15, -0.1) is 0 Å². The lowest BCUT2D eigenvalue weighted by Crippen LogP contribution is -2.61. The smallest absolute Gasteiger partial charge is 0.191 e. The van der Waals surface area contributed by atoms with Gasteiger partial charge in [-0.3, -0.25) is 4.99 Å². The molecule has 4 heteroatoms. The van der Waals surface area contributed by atoms with Gasteiger partial charge in [-0.2, -0.15) is 0 Å². The Hall–Kier alpha value is -0.770. The van der Waals surface area contributed by atoms with Crippen molar-refractivity contribution in [3.8, 4) is 0 Å². The fraction of sp³-hybridized carbons (Fsp3) is 0.941. The molecular formula is C17H31N3O. The van der Waals surface area contributed by atoms with Crippen LogP contribution in [0.25, 0.3) is 0 Å². The number of hydrogen-bond acceptors (Lipinski definition) is 4. The van der Waals surface area contributed by atoms with Crippen LogP contribution in [0, 0.1) is 11.3 Å². The van der Waals surface area contributed by atoms with Gasteiger partial charge in [-0.25, -0.2) is 0 Å². The average Bonchev–Trinajstić information content (AvgIpc) is 3.03. The van der Waals surface area contributed by atoms with Gasteiger partial charge >= 0.3 is 0 Å². The van der Waals surface area contributed by atoms with Gasteiger partial charge in [0, 0.05) is 13.2 Å². The van der Waals surface area contributed by atoms with E-state index in [0.717, 1.165) is 25.7 Å². The second kappa shape index (κ2) is 5.45. The normalized spacial score (nSPS) is 37.3. The predicted octanol–water partition coefficient (Wildman–Crippen LogP) is 2.77. The highest BCUT2D eigenvalue weighted by molar-refractivity contribution is 5.81. The fourth-order valence-electron chi connectivity index (χ4n) is 4.86. The summed E-state index contributed by atoms with van der Waals surface area (Å²) in [5, 5.41) is 0. The Labute approximate surface area is 129 Å². The first-order chi connectivity index (χ1) is 9.93. The highest BCUT2D eigenvalue weighted by atomic mass is 16.5. The predicted molar refractivity (Wildman–Crippen MR) is 86.3 cm³/mol. The molecule has 3 atom stereocenters. The SMILES string of the molecule is CC(C)(C)C1CCCCC12CN=C(N)N2CC1CCCO1. The van der Waals surface area contributed by atoms with Crippen molar-refractivity contribution in [1.29, 1.82) is 0 Å². The largest absolute Gasteiger partial charge is 0.376 e. The van der Waals surface area contributed by atoms with Crippen molar-refractivity contribution in [2.45, 2.75) is 70.9 Å². The minimum absolute atomic E-state index is 0.145. The molecule has 120 valence electrons. The quantitative estimate of drug-likeness (QED) is 0.851. The van der Waals surface area contributed by atoms with Crippen LogP contribution in [0.15, 0.2) is 4.99 Å². The number of hydrogen-bond donors (Lipinski definition) is 1. The van der Waals surface area contributed by atoms with Gasteiger partial charge in [0.2, 0.25) is 0 Å². The summed E-state index contributed by atoms with van der Waals surface area (Å²) in [6.45, 7) is 9.86. The van der Waals surface area contributed by atoms with Gasteiger partial charge in [0.05, 0.1) is 18.2 Å². The third-order valence-corrected chi connectivity index (χ3v) is 5.79. The highest BCUT2D eigenvalue weighted by Crippen LogP contribution is 2.49. The van der Waals surface area contributed by atoms with Gasteiger partial charge in [0.1, 0.15) is 0 Å². The molecule has 2 aliphatic heterocycles. The van der Waals surface area contributed by atoms with Crippen LogP contribution in [0.3, 0.4) is 0 Å². The molecule has 1 spiro atoms. The molecule has 0 aromatic heterocycles. The Morgan fingerprint density at radius 1 is 1.29 bits per heavy atom. The Morgan fingerprint density at radius 3 is 2.76 bits per heavy atom. The van der Waals surface area contributed by atoms with Crippen LogP contribution in [-0.4, -0.2) is 42.2 Å². The number of nitrogens with two attached hydrogens (primary N) is 1. The van der Waals surface area contributed by atoms with E-state index in [1.165, 1.54) is 38.5 Å². The zero-order valence-corrected chi connectivity index (χ0v) is 13.9. The van der Waals surface area contributed by atoms with Gasteiger partial charge in [-0.1, -0.05) is 33.6 Å². The lowest BCUT2D eigenvalue weighted by molar-refractivity contribution is -0.0157. The minimum atomic E-state index is 0.145. The van der Waals surface area contributed by atoms with Gasteiger partial charge < -0.3 is 15.4 Å². The van der Waals surface area contributed by atoms with Gasteiger partial charge in [0.25, 0.3) is 0 Å². The lowest BCUT2D eigenvalue weighted by atomic mass is 9.61. The molecule has 0 aromatic carbocycles. The number of aliphatic imine (C=N–C) groups is 1. The van der Waals surface area contributed by atoms with E-state index in [1.807, 2.05) is 0 Å². The van der Waals surface area contributed by atoms with Crippen LogP contribution >= 0.6 is 0 Å². The Balaban J connectivity index is 1.85. The summed E-state index contributed by atoms with van der Waals surface area (Å²) in [7, 11) is 0. The topological polar surface area (TPSA) is 50.8 Å². The highest BCUT2D eigenvalue weighted by Gasteiger charge is 2.53. The Morgan fingerprint density at radius 2 is 2.10 bits per heavy atom. The maximum absolute atomic E-state index is 6.29. The molecule has 3 unspecified atom stereocenters. The van der Waals surface area contributed by atoms with Crippen molar-refractivity contribution in [3.63, 3.8) is 0 Å². The van der Waals surface area contributed by atoms with Crippen LogP contribution in [0.2, 0.25) is 0 Å². The molecule has 0 bridgehead atoms. The summed E-state index contributed by atoms with van der Waals surface area (Å²) in [5.41, 5.74) is 6.73. The molecule has 1 saturated carbocycles. The van der Waals surface area contributed by atoms with Crippen LogP contribution in [-0.2, 0) is 4.74 Å². The molecule has 2 heterocycles. The van der Waals surface area contributed by atoms with Crippen LogP contribution in [0.4, 0.5) is 0 Å². The second-order valence-corrected chi connectivity index (χ2v) is 8.19. The van der Waals surface area contributed by atoms with Gasteiger partial charge in [-0.05, 0) is 37.0 Å². The molecule has 0 amide bonds. The molecule has 2 N–H and O–H groups in total. The van der Waals surface area contributed by atoms with Crippen molar-refractivity contribution in [2.75, 3.05) is 19.7 Å². The number of rotatable bonds is 2. The maximum Gasteiger partial charge on any atom is 0.191 e. The summed E-state index contributed by atoms with van der Waals surface area (Å²) in [5.74, 6) is 1.41. The van der Waals surface area contributed by atoms with E-state index in [2.05, 4.69) is 30.7 Å². The fourth-order valence-corrected chi connectivity index (χ4v) is 4.86. The van der Waals surface area contributed by atoms with E-state index in [0.29, 0.717) is 17.4 Å². The van der Waals surface area contributed by atoms with Crippen molar-refractivity contribution in [2.24, 2.45) is 22.1 Å². The minimum Gasteiger partial charge on any atom is -0.376 e. The van der Waals surface area contributed by atoms with Crippen molar-refractivity contribution >= 4 is 5.96 Å². The summed E-state index contributed by atoms with van der Waals surface area (Å²) in [6, 6.07) is 0. The standard InChI is InChI=1S/C17H31N3O/c1-16(2,3)14-8-4-5-9-17(14)12-19-15(18)20(17)11-13-7-6-10-21-13/h13-14H,4-12H2,1-3H3,(H2,18,19). The zero-order valence-electron chi connectivity index (χ0n) is 13.9. The third kappa shape index (κ3) is 2.67. The molecular weight excluding hydrogens is 262 g/mol. The molecule has 1 saturated heterocycles. The summed E-state index contributed by atoms with van der Waals surface area (Å²) in [4.78, 5) is 7.09.